The summed E-state index contributed by atoms with van der Waals surface area (Å²) in [6, 6.07) is 20.8. The van der Waals surface area contributed by atoms with Crippen LogP contribution < -0.4 is 19.1 Å². The van der Waals surface area contributed by atoms with E-state index in [9.17, 15) is 18.0 Å². The number of benzene rings is 3. The van der Waals surface area contributed by atoms with Crippen LogP contribution in [0.5, 0.6) is 11.5 Å². The second-order valence-corrected chi connectivity index (χ2v) is 11.0. The summed E-state index contributed by atoms with van der Waals surface area (Å²) < 4.78 is 37.7. The van der Waals surface area contributed by atoms with Crippen LogP contribution in [0.1, 0.15) is 16.7 Å². The Morgan fingerprint density at radius 1 is 0.949 bits per heavy atom. The Bertz CT molecular complexity index is 1400. The highest BCUT2D eigenvalue weighted by Gasteiger charge is 2.33. The first-order chi connectivity index (χ1) is 18.6. The summed E-state index contributed by atoms with van der Waals surface area (Å²) in [5.74, 6) is -0.244. The molecule has 208 valence electrons. The number of anilines is 1. The Labute approximate surface area is 230 Å². The lowest BCUT2D eigenvalue weighted by Crippen LogP contribution is -2.53. The summed E-state index contributed by atoms with van der Waals surface area (Å²) in [6.45, 7) is 1.49. The molecule has 3 aromatic carbocycles. The van der Waals surface area contributed by atoms with Gasteiger partial charge in [0.25, 0.3) is 0 Å². The smallest absolute Gasteiger partial charge is 0.244 e. The van der Waals surface area contributed by atoms with E-state index < -0.39 is 28.5 Å². The van der Waals surface area contributed by atoms with Crippen molar-refractivity contribution in [3.05, 3.63) is 89.5 Å². The van der Waals surface area contributed by atoms with E-state index in [1.54, 1.807) is 12.1 Å². The van der Waals surface area contributed by atoms with Gasteiger partial charge in [0.15, 0.2) is 0 Å². The second-order valence-electron chi connectivity index (χ2n) is 9.08. The molecular weight excluding hydrogens is 518 g/mol. The fourth-order valence-corrected chi connectivity index (χ4v) is 5.12. The predicted molar refractivity (Wildman–Crippen MR) is 151 cm³/mol. The normalized spacial score (nSPS) is 11.8. The molecule has 3 rings (SSSR count). The first kappa shape index (κ1) is 29.5. The maximum Gasteiger partial charge on any atom is 0.244 e. The number of sulfonamides is 1. The molecule has 0 saturated heterocycles. The maximum atomic E-state index is 14.1. The number of hydrogen-bond acceptors (Lipinski definition) is 6. The molecule has 0 unspecified atom stereocenters. The summed E-state index contributed by atoms with van der Waals surface area (Å²) in [7, 11) is 0.446. The number of rotatable bonds is 12. The molecule has 39 heavy (non-hydrogen) atoms. The number of carbonyl (C=O) groups is 2. The number of likely N-dealkylation sites (N-methyl/N-ethyl adjacent to an activating group) is 1. The first-order valence-corrected chi connectivity index (χ1v) is 14.2. The third kappa shape index (κ3) is 7.51. The highest BCUT2D eigenvalue weighted by Crippen LogP contribution is 2.34. The molecule has 9 nitrogen and oxygen atoms in total. The third-order valence-electron chi connectivity index (χ3n) is 6.45. The minimum Gasteiger partial charge on any atom is -0.497 e. The fraction of sp³-hybridized carbons (Fsp3) is 0.310. The van der Waals surface area contributed by atoms with E-state index in [0.717, 1.165) is 27.3 Å². The van der Waals surface area contributed by atoms with Crippen molar-refractivity contribution in [2.75, 3.05) is 38.4 Å². The van der Waals surface area contributed by atoms with E-state index in [4.69, 9.17) is 9.47 Å². The van der Waals surface area contributed by atoms with E-state index in [1.807, 2.05) is 61.5 Å². The van der Waals surface area contributed by atoms with Gasteiger partial charge in [0.1, 0.15) is 24.1 Å². The van der Waals surface area contributed by atoms with E-state index in [-0.39, 0.29) is 30.3 Å². The molecule has 0 radical (unpaired) electrons. The summed E-state index contributed by atoms with van der Waals surface area (Å²) in [5.41, 5.74) is 2.81. The number of nitrogens with one attached hydrogen (secondary N) is 1. The number of carbonyl (C=O) groups excluding carboxylic acids is 2. The number of nitrogens with zero attached hydrogens (tertiary/aromatic N) is 2. The minimum absolute atomic E-state index is 0.114. The molecule has 0 bridgehead atoms. The number of ether oxygens (including phenoxy) is 2. The predicted octanol–water partition coefficient (Wildman–Crippen LogP) is 3.16. The Hall–Kier alpha value is -4.05. The Kier molecular flexibility index (Phi) is 9.95. The fourth-order valence-electron chi connectivity index (χ4n) is 4.28. The van der Waals surface area contributed by atoms with Gasteiger partial charge in [-0.15, -0.1) is 0 Å². The zero-order valence-electron chi connectivity index (χ0n) is 22.9. The summed E-state index contributed by atoms with van der Waals surface area (Å²) in [5, 5.41) is 2.67. The molecule has 0 aromatic heterocycles. The average Bonchev–Trinajstić information content (AvgIpc) is 2.93. The number of aryl methyl sites for hydroxylation is 1. The van der Waals surface area contributed by atoms with Crippen molar-refractivity contribution < 1.29 is 27.5 Å². The molecule has 0 heterocycles. The van der Waals surface area contributed by atoms with Gasteiger partial charge in [-0.1, -0.05) is 54.6 Å². The van der Waals surface area contributed by atoms with E-state index in [1.165, 1.54) is 32.2 Å². The zero-order chi connectivity index (χ0) is 28.6. The van der Waals surface area contributed by atoms with Crippen LogP contribution >= 0.6 is 0 Å². The molecule has 10 heteroatoms. The summed E-state index contributed by atoms with van der Waals surface area (Å²) in [4.78, 5) is 28.7. The van der Waals surface area contributed by atoms with Gasteiger partial charge >= 0.3 is 0 Å². The average molecular weight is 554 g/mol. The largest absolute Gasteiger partial charge is 0.497 e. The lowest BCUT2D eigenvalue weighted by molar-refractivity contribution is -0.139. The van der Waals surface area contributed by atoms with Gasteiger partial charge in [0, 0.05) is 26.1 Å². The monoisotopic (exact) mass is 553 g/mol. The summed E-state index contributed by atoms with van der Waals surface area (Å²) >= 11 is 0. The van der Waals surface area contributed by atoms with Gasteiger partial charge in [-0.25, -0.2) is 8.42 Å². The van der Waals surface area contributed by atoms with Crippen molar-refractivity contribution in [3.63, 3.8) is 0 Å². The van der Waals surface area contributed by atoms with Crippen LogP contribution in [0.15, 0.2) is 72.8 Å². The van der Waals surface area contributed by atoms with Gasteiger partial charge in [0.05, 0.1) is 26.2 Å². The Balaban J connectivity index is 2.09. The Morgan fingerprint density at radius 3 is 2.21 bits per heavy atom. The van der Waals surface area contributed by atoms with Crippen molar-refractivity contribution in [2.45, 2.75) is 25.9 Å². The molecule has 0 saturated carbocycles. The van der Waals surface area contributed by atoms with Crippen LogP contribution in [0.2, 0.25) is 0 Å². The lowest BCUT2D eigenvalue weighted by atomic mass is 10.0. The summed E-state index contributed by atoms with van der Waals surface area (Å²) in [6.07, 6.45) is 1.27. The van der Waals surface area contributed by atoms with Crippen LogP contribution in [0.4, 0.5) is 5.69 Å². The number of methoxy groups -OCH3 is 2. The number of hydrogen-bond donors (Lipinski definition) is 1. The standard InChI is InChI=1S/C29H35N3O6S/c1-21-11-9-10-14-23(21)19-31(26(29(34)30-2)17-22-12-7-6-8-13-22)28(33)20-32(39(5,35)36)25-18-24(37-3)15-16-27(25)38-4/h6-16,18,26H,17,19-20H2,1-5H3,(H,30,34)/t26-/m1/s1. The van der Waals surface area contributed by atoms with Crippen molar-refractivity contribution in [2.24, 2.45) is 0 Å². The van der Waals surface area contributed by atoms with Crippen molar-refractivity contribution in [3.8, 4) is 11.5 Å². The van der Waals surface area contributed by atoms with E-state index in [0.29, 0.717) is 5.75 Å². The molecule has 0 aliphatic heterocycles. The second kappa shape index (κ2) is 13.1. The van der Waals surface area contributed by atoms with Crippen molar-refractivity contribution >= 4 is 27.5 Å². The van der Waals surface area contributed by atoms with Crippen LogP contribution in [-0.2, 0) is 32.6 Å². The first-order valence-electron chi connectivity index (χ1n) is 12.4. The lowest BCUT2D eigenvalue weighted by Gasteiger charge is -2.33. The Morgan fingerprint density at radius 2 is 1.62 bits per heavy atom. The van der Waals surface area contributed by atoms with Crippen LogP contribution in [0.25, 0.3) is 0 Å². The van der Waals surface area contributed by atoms with Crippen LogP contribution in [0.3, 0.4) is 0 Å². The van der Waals surface area contributed by atoms with Gasteiger partial charge < -0.3 is 19.7 Å². The zero-order valence-corrected chi connectivity index (χ0v) is 23.7. The highest BCUT2D eigenvalue weighted by atomic mass is 32.2. The van der Waals surface area contributed by atoms with Crippen molar-refractivity contribution in [1.82, 2.24) is 10.2 Å². The topological polar surface area (TPSA) is 105 Å². The molecule has 3 aromatic rings. The molecular formula is C29H35N3O6S. The van der Waals surface area contributed by atoms with Gasteiger partial charge in [-0.2, -0.15) is 0 Å². The molecule has 2 amide bonds. The minimum atomic E-state index is -3.95. The SMILES string of the molecule is CNC(=O)[C@@H](Cc1ccccc1)N(Cc1ccccc1C)C(=O)CN(c1cc(OC)ccc1OC)S(C)(=O)=O. The van der Waals surface area contributed by atoms with Gasteiger partial charge in [0.2, 0.25) is 21.8 Å². The molecule has 0 aliphatic carbocycles. The third-order valence-corrected chi connectivity index (χ3v) is 7.58. The molecule has 0 fully saturated rings. The molecule has 1 atom stereocenters. The van der Waals surface area contributed by atoms with Gasteiger partial charge in [-0.05, 0) is 35.7 Å². The molecule has 0 spiro atoms. The van der Waals surface area contributed by atoms with Crippen LogP contribution in [0, 0.1) is 6.92 Å². The number of amides is 2. The van der Waals surface area contributed by atoms with E-state index in [2.05, 4.69) is 5.32 Å². The van der Waals surface area contributed by atoms with Crippen LogP contribution in [-0.4, -0.2) is 65.2 Å². The molecule has 1 N–H and O–H groups in total. The molecule has 0 aliphatic rings. The van der Waals surface area contributed by atoms with E-state index >= 15 is 0 Å². The highest BCUT2D eigenvalue weighted by molar-refractivity contribution is 7.92. The van der Waals surface area contributed by atoms with Crippen molar-refractivity contribution in [1.29, 1.82) is 0 Å². The quantitative estimate of drug-likeness (QED) is 0.370. The van der Waals surface area contributed by atoms with Gasteiger partial charge in [-0.3, -0.25) is 13.9 Å². The maximum absolute atomic E-state index is 14.1.